The van der Waals surface area contributed by atoms with Crippen LogP contribution in [0.4, 0.5) is 0 Å². The SMILES string of the molecule is CC1C(=O)OC(=O)C1C1C2CCC(C(C(=O)C(C)(C)C)C2)C1C1C2CCC(C(C(=O)CCO)C2)C1C. The van der Waals surface area contributed by atoms with Gasteiger partial charge in [-0.2, -0.15) is 0 Å². The number of fused-ring (bicyclic) bond motifs is 7. The van der Waals surface area contributed by atoms with E-state index in [4.69, 9.17) is 4.74 Å². The van der Waals surface area contributed by atoms with Crippen LogP contribution in [0.25, 0.3) is 0 Å². The minimum absolute atomic E-state index is 0.00732. The zero-order chi connectivity index (χ0) is 26.1. The fourth-order valence-corrected chi connectivity index (χ4v) is 9.92. The Labute approximate surface area is 215 Å². The molecule has 12 atom stereocenters. The number of aliphatic hydroxyl groups is 1. The van der Waals surface area contributed by atoms with Gasteiger partial charge in [-0.1, -0.05) is 34.6 Å². The highest BCUT2D eigenvalue weighted by atomic mass is 16.6. The summed E-state index contributed by atoms with van der Waals surface area (Å²) in [5.41, 5.74) is -0.406. The fraction of sp³-hybridized carbons (Fsp3) is 0.867. The third-order valence-corrected chi connectivity index (χ3v) is 11.3. The molecule has 6 aliphatic carbocycles. The Hall–Kier alpha value is -1.56. The van der Waals surface area contributed by atoms with Gasteiger partial charge < -0.3 is 9.84 Å². The van der Waals surface area contributed by atoms with Crippen LogP contribution < -0.4 is 0 Å². The molecular formula is C30H44O6. The molecule has 1 aliphatic heterocycles. The van der Waals surface area contributed by atoms with Crippen LogP contribution in [-0.4, -0.2) is 35.2 Å². The van der Waals surface area contributed by atoms with Crippen LogP contribution >= 0.6 is 0 Å². The van der Waals surface area contributed by atoms with Crippen LogP contribution in [0.5, 0.6) is 0 Å². The molecule has 200 valence electrons. The summed E-state index contributed by atoms with van der Waals surface area (Å²) < 4.78 is 5.16. The highest BCUT2D eigenvalue weighted by Gasteiger charge is 2.63. The number of cyclic esters (lactones) is 2. The largest absolute Gasteiger partial charge is 0.396 e. The van der Waals surface area contributed by atoms with Gasteiger partial charge in [0, 0.05) is 30.3 Å². The van der Waals surface area contributed by atoms with Gasteiger partial charge in [0.15, 0.2) is 0 Å². The van der Waals surface area contributed by atoms with Crippen molar-refractivity contribution < 1.29 is 29.0 Å². The van der Waals surface area contributed by atoms with E-state index < -0.39 is 23.2 Å². The first-order chi connectivity index (χ1) is 17.0. The van der Waals surface area contributed by atoms with E-state index in [0.717, 1.165) is 38.5 Å². The van der Waals surface area contributed by atoms with Gasteiger partial charge in [-0.25, -0.2) is 0 Å². The molecule has 0 amide bonds. The Kier molecular flexibility index (Phi) is 6.75. The molecule has 0 radical (unpaired) electrons. The van der Waals surface area contributed by atoms with Crippen molar-refractivity contribution in [3.8, 4) is 0 Å². The number of aliphatic hydroxyl groups excluding tert-OH is 1. The van der Waals surface area contributed by atoms with Gasteiger partial charge in [0.05, 0.1) is 11.8 Å². The average molecular weight is 501 g/mol. The summed E-state index contributed by atoms with van der Waals surface area (Å²) in [5.74, 6) is 1.05. The lowest BCUT2D eigenvalue weighted by Crippen LogP contribution is -2.59. The summed E-state index contributed by atoms with van der Waals surface area (Å²) in [7, 11) is 0. The molecule has 6 saturated carbocycles. The van der Waals surface area contributed by atoms with Crippen molar-refractivity contribution in [3.63, 3.8) is 0 Å². The normalized spacial score (nSPS) is 46.2. The average Bonchev–Trinajstić information content (AvgIpc) is 3.09. The minimum atomic E-state index is -0.434. The van der Waals surface area contributed by atoms with E-state index in [1.165, 1.54) is 0 Å². The number of carbonyl (C=O) groups is 4. The molecule has 6 nitrogen and oxygen atoms in total. The Balaban J connectivity index is 1.53. The first-order valence-electron chi connectivity index (χ1n) is 14.4. The van der Waals surface area contributed by atoms with E-state index >= 15 is 0 Å². The molecule has 7 aliphatic rings. The van der Waals surface area contributed by atoms with Crippen molar-refractivity contribution in [2.24, 2.45) is 76.4 Å². The second kappa shape index (κ2) is 9.32. The van der Waals surface area contributed by atoms with Crippen molar-refractivity contribution in [2.45, 2.75) is 79.6 Å². The van der Waals surface area contributed by atoms with Crippen molar-refractivity contribution >= 4 is 23.5 Å². The molecule has 6 heteroatoms. The molecule has 36 heavy (non-hydrogen) atoms. The maximum absolute atomic E-state index is 13.7. The van der Waals surface area contributed by atoms with Crippen LogP contribution in [0.2, 0.25) is 0 Å². The van der Waals surface area contributed by atoms with Gasteiger partial charge in [0.2, 0.25) is 0 Å². The zero-order valence-electron chi connectivity index (χ0n) is 22.6. The highest BCUT2D eigenvalue weighted by molar-refractivity contribution is 5.96. The Bertz CT molecular complexity index is 930. The number of carbonyl (C=O) groups excluding carboxylic acids is 4. The molecule has 7 fully saturated rings. The predicted molar refractivity (Wildman–Crippen MR) is 133 cm³/mol. The lowest BCUT2D eigenvalue weighted by atomic mass is 9.41. The van der Waals surface area contributed by atoms with Gasteiger partial charge in [-0.05, 0) is 85.9 Å². The Morgan fingerprint density at radius 1 is 0.861 bits per heavy atom. The number of ketones is 2. The van der Waals surface area contributed by atoms with Gasteiger partial charge in [0.1, 0.15) is 11.6 Å². The molecule has 1 N–H and O–H groups in total. The lowest BCUT2D eigenvalue weighted by molar-refractivity contribution is -0.170. The number of hydrogen-bond donors (Lipinski definition) is 1. The van der Waals surface area contributed by atoms with Crippen LogP contribution in [0.15, 0.2) is 0 Å². The summed E-state index contributed by atoms with van der Waals surface area (Å²) in [4.78, 5) is 52.1. The molecule has 0 aromatic rings. The van der Waals surface area contributed by atoms with Crippen LogP contribution in [0, 0.1) is 76.4 Å². The topological polar surface area (TPSA) is 97.7 Å². The highest BCUT2D eigenvalue weighted by Crippen LogP contribution is 2.65. The summed E-state index contributed by atoms with van der Waals surface area (Å²) in [6.45, 7) is 10.1. The molecular weight excluding hydrogens is 456 g/mol. The Morgan fingerprint density at radius 2 is 1.47 bits per heavy atom. The van der Waals surface area contributed by atoms with E-state index in [0.29, 0.717) is 29.5 Å². The summed E-state index contributed by atoms with van der Waals surface area (Å²) in [5, 5.41) is 9.38. The van der Waals surface area contributed by atoms with Gasteiger partial charge in [0.25, 0.3) is 0 Å². The maximum Gasteiger partial charge on any atom is 0.317 e. The van der Waals surface area contributed by atoms with Gasteiger partial charge in [-0.3, -0.25) is 19.2 Å². The standard InChI is InChI=1S/C30H44O6/c1-14-18-8-6-16(12-20(18)22(32)10-11-31)23(14)26-19-9-7-17(13-21(19)27(33)30(3,4)5)25(26)24-15(2)28(34)36-29(24)35/h14-21,23-26,31H,6-13H2,1-5H3. The number of hydrogen-bond acceptors (Lipinski definition) is 6. The fourth-order valence-electron chi connectivity index (χ4n) is 9.92. The molecule has 1 heterocycles. The third-order valence-electron chi connectivity index (χ3n) is 11.3. The van der Waals surface area contributed by atoms with Crippen LogP contribution in [-0.2, 0) is 23.9 Å². The second-order valence-corrected chi connectivity index (χ2v) is 13.9. The van der Waals surface area contributed by atoms with Crippen molar-refractivity contribution in [1.29, 1.82) is 0 Å². The zero-order valence-corrected chi connectivity index (χ0v) is 22.6. The van der Waals surface area contributed by atoms with Crippen molar-refractivity contribution in [1.82, 2.24) is 0 Å². The van der Waals surface area contributed by atoms with E-state index in [9.17, 15) is 24.3 Å². The van der Waals surface area contributed by atoms with Gasteiger partial charge >= 0.3 is 11.9 Å². The molecule has 7 rings (SSSR count). The van der Waals surface area contributed by atoms with E-state index in [1.807, 2.05) is 27.7 Å². The first-order valence-corrected chi connectivity index (χ1v) is 14.4. The first kappa shape index (κ1) is 26.1. The molecule has 12 unspecified atom stereocenters. The lowest BCUT2D eigenvalue weighted by Gasteiger charge is -2.62. The van der Waals surface area contributed by atoms with Crippen LogP contribution in [0.3, 0.4) is 0 Å². The second-order valence-electron chi connectivity index (χ2n) is 13.9. The molecule has 1 saturated heterocycles. The van der Waals surface area contributed by atoms with E-state index in [1.54, 1.807) is 0 Å². The Morgan fingerprint density at radius 3 is 2.03 bits per heavy atom. The number of esters is 2. The smallest absolute Gasteiger partial charge is 0.317 e. The monoisotopic (exact) mass is 500 g/mol. The van der Waals surface area contributed by atoms with Crippen LogP contribution in [0.1, 0.15) is 79.6 Å². The molecule has 0 aromatic carbocycles. The number of rotatable bonds is 6. The van der Waals surface area contributed by atoms with Crippen molar-refractivity contribution in [2.75, 3.05) is 6.61 Å². The molecule has 4 bridgehead atoms. The third kappa shape index (κ3) is 4.01. The molecule has 0 spiro atoms. The molecule has 0 aromatic heterocycles. The van der Waals surface area contributed by atoms with Gasteiger partial charge in [-0.15, -0.1) is 0 Å². The summed E-state index contributed by atoms with van der Waals surface area (Å²) in [6, 6.07) is 0. The summed E-state index contributed by atoms with van der Waals surface area (Å²) >= 11 is 0. The minimum Gasteiger partial charge on any atom is -0.396 e. The van der Waals surface area contributed by atoms with E-state index in [2.05, 4.69) is 6.92 Å². The summed E-state index contributed by atoms with van der Waals surface area (Å²) in [6.07, 6.45) is 6.07. The quantitative estimate of drug-likeness (QED) is 0.427. The van der Waals surface area contributed by atoms with E-state index in [-0.39, 0.29) is 60.3 Å². The van der Waals surface area contributed by atoms with Crippen molar-refractivity contribution in [3.05, 3.63) is 0 Å². The maximum atomic E-state index is 13.7. The predicted octanol–water partition coefficient (Wildman–Crippen LogP) is 4.47. The number of Topliss-reactive ketones (excluding diaryl/α,β-unsaturated/α-hetero) is 2. The number of ether oxygens (including phenoxy) is 1.